The molecule has 3 rings (SSSR count). The minimum atomic E-state index is -1.08. The van der Waals surface area contributed by atoms with E-state index in [4.69, 9.17) is 4.74 Å². The van der Waals surface area contributed by atoms with Gasteiger partial charge in [0.1, 0.15) is 16.9 Å². The van der Waals surface area contributed by atoms with Crippen molar-refractivity contribution in [2.24, 2.45) is 5.41 Å². The average molecular weight is 320 g/mol. The highest BCUT2D eigenvalue weighted by molar-refractivity contribution is 5.98. The lowest BCUT2D eigenvalue weighted by Gasteiger charge is -2.23. The van der Waals surface area contributed by atoms with Gasteiger partial charge in [0.15, 0.2) is 0 Å². The number of ether oxygens (including phenoxy) is 1. The Bertz CT molecular complexity index is 773. The quantitative estimate of drug-likeness (QED) is 0.901. The molecule has 1 saturated heterocycles. The maximum atomic E-state index is 13.7. The maximum Gasteiger partial charge on any atom is 0.313 e. The molecule has 2 aromatic rings. The third-order valence-electron chi connectivity index (χ3n) is 4.36. The van der Waals surface area contributed by atoms with Gasteiger partial charge >= 0.3 is 5.97 Å². The zero-order valence-corrected chi connectivity index (χ0v) is 12.6. The Morgan fingerprint density at radius 3 is 2.91 bits per heavy atom. The van der Waals surface area contributed by atoms with E-state index in [1.54, 1.807) is 12.1 Å². The Labute approximate surface area is 131 Å². The number of carbonyl (C=O) groups is 2. The fraction of sp³-hybridized carbons (Fsp3) is 0.375. The molecule has 23 heavy (non-hydrogen) atoms. The van der Waals surface area contributed by atoms with Gasteiger partial charge in [-0.3, -0.25) is 9.59 Å². The summed E-state index contributed by atoms with van der Waals surface area (Å²) in [5.41, 5.74) is -0.292. The molecule has 0 spiro atoms. The summed E-state index contributed by atoms with van der Waals surface area (Å²) in [5, 5.41) is 9.78. The monoisotopic (exact) mass is 320 g/mol. The highest BCUT2D eigenvalue weighted by atomic mass is 19.1. The number of carboxylic acids is 1. The number of H-pyrrole nitrogens is 1. The summed E-state index contributed by atoms with van der Waals surface area (Å²) in [6, 6.07) is 6.04. The van der Waals surface area contributed by atoms with Crippen molar-refractivity contribution in [2.45, 2.75) is 6.42 Å². The van der Waals surface area contributed by atoms with Crippen LogP contribution in [0.5, 0.6) is 0 Å². The van der Waals surface area contributed by atoms with Crippen LogP contribution in [0.2, 0.25) is 0 Å². The first kappa shape index (κ1) is 15.5. The van der Waals surface area contributed by atoms with E-state index in [2.05, 4.69) is 4.98 Å². The molecule has 0 radical (unpaired) electrons. The van der Waals surface area contributed by atoms with Gasteiger partial charge in [-0.2, -0.15) is 0 Å². The molecule has 1 unspecified atom stereocenters. The van der Waals surface area contributed by atoms with Crippen molar-refractivity contribution in [3.63, 3.8) is 0 Å². The van der Waals surface area contributed by atoms with Crippen LogP contribution in [0.15, 0.2) is 24.3 Å². The van der Waals surface area contributed by atoms with Gasteiger partial charge in [-0.05, 0) is 24.6 Å². The van der Waals surface area contributed by atoms with E-state index in [9.17, 15) is 19.1 Å². The number of aromatic amines is 1. The standard InChI is InChI=1S/C16H17FN2O4/c1-23-9-16(15(21)22)5-6-19(8-16)14(20)13-7-10-11(17)3-2-4-12(10)18-13/h2-4,7,18H,5-6,8-9H2,1H3,(H,21,22). The molecule has 1 aliphatic rings. The number of hydrogen-bond donors (Lipinski definition) is 2. The average Bonchev–Trinajstić information content (AvgIpc) is 3.13. The van der Waals surface area contributed by atoms with Gasteiger partial charge in [-0.1, -0.05) is 6.07 Å². The highest BCUT2D eigenvalue weighted by Crippen LogP contribution is 2.32. The van der Waals surface area contributed by atoms with Gasteiger partial charge in [0.25, 0.3) is 5.91 Å². The molecule has 122 valence electrons. The van der Waals surface area contributed by atoms with E-state index >= 15 is 0 Å². The zero-order valence-electron chi connectivity index (χ0n) is 12.6. The molecule has 1 amide bonds. The topological polar surface area (TPSA) is 82.6 Å². The normalized spacial score (nSPS) is 21.0. The molecule has 1 aromatic heterocycles. The first-order valence-electron chi connectivity index (χ1n) is 7.26. The number of benzene rings is 1. The van der Waals surface area contributed by atoms with Gasteiger partial charge in [-0.15, -0.1) is 0 Å². The number of rotatable bonds is 4. The summed E-state index contributed by atoms with van der Waals surface area (Å²) in [6.07, 6.45) is 0.330. The van der Waals surface area contributed by atoms with Gasteiger partial charge in [0.2, 0.25) is 0 Å². The van der Waals surface area contributed by atoms with Crippen molar-refractivity contribution < 1.29 is 23.8 Å². The number of amides is 1. The summed E-state index contributed by atoms with van der Waals surface area (Å²) in [6.45, 7) is 0.451. The van der Waals surface area contributed by atoms with Gasteiger partial charge in [0, 0.05) is 31.1 Å². The maximum absolute atomic E-state index is 13.7. The fourth-order valence-corrected chi connectivity index (χ4v) is 3.08. The molecule has 6 nitrogen and oxygen atoms in total. The predicted molar refractivity (Wildman–Crippen MR) is 80.7 cm³/mol. The molecule has 1 fully saturated rings. The Morgan fingerprint density at radius 1 is 1.48 bits per heavy atom. The van der Waals surface area contributed by atoms with E-state index in [-0.39, 0.29) is 24.8 Å². The second-order valence-electron chi connectivity index (χ2n) is 5.88. The van der Waals surface area contributed by atoms with Crippen molar-refractivity contribution in [3.05, 3.63) is 35.8 Å². The number of aliphatic carboxylic acids is 1. The van der Waals surface area contributed by atoms with Crippen LogP contribution in [-0.2, 0) is 9.53 Å². The summed E-state index contributed by atoms with van der Waals surface area (Å²) >= 11 is 0. The van der Waals surface area contributed by atoms with Crippen LogP contribution in [0.25, 0.3) is 10.9 Å². The van der Waals surface area contributed by atoms with Crippen LogP contribution in [-0.4, -0.2) is 53.7 Å². The minimum Gasteiger partial charge on any atom is -0.481 e. The molecular formula is C16H17FN2O4. The summed E-state index contributed by atoms with van der Waals surface area (Å²) in [7, 11) is 1.44. The number of nitrogens with zero attached hydrogens (tertiary/aromatic N) is 1. The molecule has 1 aliphatic heterocycles. The van der Waals surface area contributed by atoms with E-state index in [1.165, 1.54) is 24.1 Å². The third-order valence-corrected chi connectivity index (χ3v) is 4.36. The molecule has 0 bridgehead atoms. The second-order valence-corrected chi connectivity index (χ2v) is 5.88. The number of halogens is 1. The fourth-order valence-electron chi connectivity index (χ4n) is 3.08. The summed E-state index contributed by atoms with van der Waals surface area (Å²) < 4.78 is 18.7. The lowest BCUT2D eigenvalue weighted by molar-refractivity contribution is -0.151. The molecule has 2 heterocycles. The Hall–Kier alpha value is -2.41. The summed E-state index contributed by atoms with van der Waals surface area (Å²) in [4.78, 5) is 28.5. The first-order valence-corrected chi connectivity index (χ1v) is 7.26. The molecular weight excluding hydrogens is 303 g/mol. The summed E-state index contributed by atoms with van der Waals surface area (Å²) in [5.74, 6) is -1.71. The van der Waals surface area contributed by atoms with Crippen LogP contribution in [0.3, 0.4) is 0 Å². The number of nitrogens with one attached hydrogen (secondary N) is 1. The van der Waals surface area contributed by atoms with Crippen molar-refractivity contribution >= 4 is 22.8 Å². The van der Waals surface area contributed by atoms with Gasteiger partial charge in [0.05, 0.1) is 6.61 Å². The predicted octanol–water partition coefficient (Wildman–Crippen LogP) is 1.87. The second kappa shape index (κ2) is 5.66. The lowest BCUT2D eigenvalue weighted by Crippen LogP contribution is -2.40. The van der Waals surface area contributed by atoms with E-state index in [0.29, 0.717) is 23.9 Å². The Morgan fingerprint density at radius 2 is 2.26 bits per heavy atom. The molecule has 7 heteroatoms. The van der Waals surface area contributed by atoms with Crippen LogP contribution in [0.1, 0.15) is 16.9 Å². The zero-order chi connectivity index (χ0) is 16.6. The smallest absolute Gasteiger partial charge is 0.313 e. The van der Waals surface area contributed by atoms with Gasteiger partial charge in [-0.25, -0.2) is 4.39 Å². The molecule has 1 aromatic carbocycles. The van der Waals surface area contributed by atoms with E-state index < -0.39 is 17.2 Å². The third kappa shape index (κ3) is 2.57. The van der Waals surface area contributed by atoms with Crippen LogP contribution < -0.4 is 0 Å². The number of aromatic nitrogens is 1. The number of carbonyl (C=O) groups excluding carboxylic acids is 1. The number of fused-ring (bicyclic) bond motifs is 1. The minimum absolute atomic E-state index is 0.0491. The van der Waals surface area contributed by atoms with Gasteiger partial charge < -0.3 is 19.7 Å². The van der Waals surface area contributed by atoms with Crippen molar-refractivity contribution in [1.29, 1.82) is 0 Å². The SMILES string of the molecule is COCC1(C(=O)O)CCN(C(=O)c2cc3c(F)cccc3[nH]2)C1. The molecule has 0 aliphatic carbocycles. The molecule has 2 N–H and O–H groups in total. The van der Waals surface area contributed by atoms with Crippen LogP contribution in [0.4, 0.5) is 4.39 Å². The highest BCUT2D eigenvalue weighted by Gasteiger charge is 2.46. The van der Waals surface area contributed by atoms with Crippen molar-refractivity contribution in [3.8, 4) is 0 Å². The first-order chi connectivity index (χ1) is 11.0. The van der Waals surface area contributed by atoms with Crippen molar-refractivity contribution in [2.75, 3.05) is 26.8 Å². The number of methoxy groups -OCH3 is 1. The number of likely N-dealkylation sites (tertiary alicyclic amines) is 1. The van der Waals surface area contributed by atoms with E-state index in [0.717, 1.165) is 0 Å². The lowest BCUT2D eigenvalue weighted by atomic mass is 9.88. The Balaban J connectivity index is 1.86. The van der Waals surface area contributed by atoms with E-state index in [1.807, 2.05) is 0 Å². The van der Waals surface area contributed by atoms with Crippen molar-refractivity contribution in [1.82, 2.24) is 9.88 Å². The van der Waals surface area contributed by atoms with Crippen LogP contribution in [0, 0.1) is 11.2 Å². The number of hydrogen-bond acceptors (Lipinski definition) is 3. The molecule has 0 saturated carbocycles. The number of carboxylic acid groups (broad SMARTS) is 1. The Kier molecular flexibility index (Phi) is 3.81. The largest absolute Gasteiger partial charge is 0.481 e. The van der Waals surface area contributed by atoms with Crippen LogP contribution >= 0.6 is 0 Å². The molecule has 1 atom stereocenters.